The van der Waals surface area contributed by atoms with Gasteiger partial charge in [-0.05, 0) is 37.3 Å². The number of anilines is 1. The molecule has 2 heteroatoms. The molecule has 1 saturated heterocycles. The van der Waals surface area contributed by atoms with Crippen molar-refractivity contribution in [2.45, 2.75) is 33.1 Å². The zero-order valence-electron chi connectivity index (χ0n) is 9.74. The maximum Gasteiger partial charge on any atom is 0.131 e. The van der Waals surface area contributed by atoms with E-state index in [0.717, 1.165) is 5.92 Å². The van der Waals surface area contributed by atoms with Crippen LogP contribution in [0, 0.1) is 12.8 Å². The molecule has 2 nitrogen and oxygen atoms in total. The van der Waals surface area contributed by atoms with Crippen LogP contribution in [0.3, 0.4) is 0 Å². The molecule has 0 aliphatic carbocycles. The van der Waals surface area contributed by atoms with Crippen LogP contribution in [0.25, 0.3) is 0 Å². The standard InChI is InChI=1S/C13H20N2/c1-3-12-6-9-15(10-7-12)13-11(2)5-4-8-14-13/h4-5,8,12H,3,6-7,9-10H2,1-2H3. The molecular formula is C13H20N2. The Bertz CT molecular complexity index is 314. The summed E-state index contributed by atoms with van der Waals surface area (Å²) in [7, 11) is 0. The van der Waals surface area contributed by atoms with Crippen molar-refractivity contribution in [3.8, 4) is 0 Å². The number of aromatic nitrogens is 1. The first kappa shape index (κ1) is 10.5. The highest BCUT2D eigenvalue weighted by Crippen LogP contribution is 2.25. The fourth-order valence-electron chi connectivity index (χ4n) is 2.36. The van der Waals surface area contributed by atoms with Gasteiger partial charge in [0.1, 0.15) is 5.82 Å². The van der Waals surface area contributed by atoms with Crippen LogP contribution >= 0.6 is 0 Å². The fourth-order valence-corrected chi connectivity index (χ4v) is 2.36. The third-order valence-corrected chi connectivity index (χ3v) is 3.47. The molecule has 1 aliphatic rings. The van der Waals surface area contributed by atoms with Crippen LogP contribution in [0.2, 0.25) is 0 Å². The lowest BCUT2D eigenvalue weighted by Crippen LogP contribution is -2.34. The van der Waals surface area contributed by atoms with E-state index in [9.17, 15) is 0 Å². The van der Waals surface area contributed by atoms with Gasteiger partial charge in [-0.15, -0.1) is 0 Å². The van der Waals surface area contributed by atoms with Crippen molar-refractivity contribution in [2.75, 3.05) is 18.0 Å². The molecule has 1 aromatic rings. The topological polar surface area (TPSA) is 16.1 Å². The van der Waals surface area contributed by atoms with Gasteiger partial charge in [-0.1, -0.05) is 19.4 Å². The third kappa shape index (κ3) is 2.31. The van der Waals surface area contributed by atoms with Crippen molar-refractivity contribution in [3.05, 3.63) is 23.9 Å². The fraction of sp³-hybridized carbons (Fsp3) is 0.615. The van der Waals surface area contributed by atoms with E-state index in [-0.39, 0.29) is 0 Å². The van der Waals surface area contributed by atoms with Crippen molar-refractivity contribution < 1.29 is 0 Å². The van der Waals surface area contributed by atoms with E-state index in [1.165, 1.54) is 43.7 Å². The van der Waals surface area contributed by atoms with Gasteiger partial charge in [-0.2, -0.15) is 0 Å². The first-order valence-electron chi connectivity index (χ1n) is 5.98. The van der Waals surface area contributed by atoms with Crippen LogP contribution in [-0.2, 0) is 0 Å². The molecule has 0 bridgehead atoms. The molecule has 2 heterocycles. The van der Waals surface area contributed by atoms with Gasteiger partial charge in [-0.25, -0.2) is 4.98 Å². The molecule has 0 unspecified atom stereocenters. The van der Waals surface area contributed by atoms with E-state index in [1.54, 1.807) is 0 Å². The molecule has 0 spiro atoms. The lowest BCUT2D eigenvalue weighted by Gasteiger charge is -2.33. The molecule has 0 amide bonds. The summed E-state index contributed by atoms with van der Waals surface area (Å²) in [6.45, 7) is 6.80. The number of nitrogens with zero attached hydrogens (tertiary/aromatic N) is 2. The number of piperidine rings is 1. The van der Waals surface area contributed by atoms with E-state index in [0.29, 0.717) is 0 Å². The van der Waals surface area contributed by atoms with Gasteiger partial charge >= 0.3 is 0 Å². The largest absolute Gasteiger partial charge is 0.356 e. The second-order valence-electron chi connectivity index (χ2n) is 4.48. The minimum absolute atomic E-state index is 0.935. The first-order chi connectivity index (χ1) is 7.31. The molecule has 1 fully saturated rings. The van der Waals surface area contributed by atoms with E-state index in [1.807, 2.05) is 12.3 Å². The monoisotopic (exact) mass is 204 g/mol. The molecule has 1 aromatic heterocycles. The van der Waals surface area contributed by atoms with E-state index < -0.39 is 0 Å². The predicted octanol–water partition coefficient (Wildman–Crippen LogP) is 3.02. The molecule has 0 aromatic carbocycles. The Morgan fingerprint density at radius 1 is 1.40 bits per heavy atom. The van der Waals surface area contributed by atoms with Crippen molar-refractivity contribution >= 4 is 5.82 Å². The normalized spacial score (nSPS) is 18.1. The molecule has 0 saturated carbocycles. The Labute approximate surface area is 92.3 Å². The maximum absolute atomic E-state index is 4.48. The highest BCUT2D eigenvalue weighted by molar-refractivity contribution is 5.46. The third-order valence-electron chi connectivity index (χ3n) is 3.47. The molecule has 0 radical (unpaired) electrons. The van der Waals surface area contributed by atoms with E-state index >= 15 is 0 Å². The Balaban J connectivity index is 2.04. The van der Waals surface area contributed by atoms with Crippen LogP contribution in [0.1, 0.15) is 31.7 Å². The smallest absolute Gasteiger partial charge is 0.131 e. The average molecular weight is 204 g/mol. The van der Waals surface area contributed by atoms with Gasteiger partial charge in [0.2, 0.25) is 0 Å². The van der Waals surface area contributed by atoms with Crippen LogP contribution in [0.4, 0.5) is 5.82 Å². The van der Waals surface area contributed by atoms with Crippen LogP contribution in [-0.4, -0.2) is 18.1 Å². The summed E-state index contributed by atoms with van der Waals surface area (Å²) in [5, 5.41) is 0. The molecule has 0 atom stereocenters. The molecule has 1 aliphatic heterocycles. The van der Waals surface area contributed by atoms with Gasteiger partial charge in [0, 0.05) is 19.3 Å². The second kappa shape index (κ2) is 4.65. The minimum Gasteiger partial charge on any atom is -0.356 e. The lowest BCUT2D eigenvalue weighted by atomic mass is 9.94. The Morgan fingerprint density at radius 2 is 2.13 bits per heavy atom. The van der Waals surface area contributed by atoms with E-state index in [2.05, 4.69) is 29.8 Å². The van der Waals surface area contributed by atoms with Crippen molar-refractivity contribution in [3.63, 3.8) is 0 Å². The van der Waals surface area contributed by atoms with Gasteiger partial charge in [0.15, 0.2) is 0 Å². The highest BCUT2D eigenvalue weighted by atomic mass is 15.2. The van der Waals surface area contributed by atoms with Crippen LogP contribution < -0.4 is 4.90 Å². The average Bonchev–Trinajstić information content (AvgIpc) is 2.30. The first-order valence-corrected chi connectivity index (χ1v) is 5.98. The van der Waals surface area contributed by atoms with Gasteiger partial charge in [0.25, 0.3) is 0 Å². The van der Waals surface area contributed by atoms with Crippen LogP contribution in [0.15, 0.2) is 18.3 Å². The molecule has 2 rings (SSSR count). The summed E-state index contributed by atoms with van der Waals surface area (Å²) in [4.78, 5) is 6.91. The predicted molar refractivity (Wildman–Crippen MR) is 64.2 cm³/mol. The Hall–Kier alpha value is -1.05. The zero-order chi connectivity index (χ0) is 10.7. The summed E-state index contributed by atoms with van der Waals surface area (Å²) < 4.78 is 0. The lowest BCUT2D eigenvalue weighted by molar-refractivity contribution is 0.393. The Morgan fingerprint density at radius 3 is 2.73 bits per heavy atom. The SMILES string of the molecule is CCC1CCN(c2ncccc2C)CC1. The van der Waals surface area contributed by atoms with Crippen molar-refractivity contribution in [1.29, 1.82) is 0 Å². The van der Waals surface area contributed by atoms with Crippen molar-refractivity contribution in [2.24, 2.45) is 5.92 Å². The summed E-state index contributed by atoms with van der Waals surface area (Å²) in [6.07, 6.45) is 5.88. The zero-order valence-corrected chi connectivity index (χ0v) is 9.74. The molecular weight excluding hydrogens is 184 g/mol. The summed E-state index contributed by atoms with van der Waals surface area (Å²) in [6, 6.07) is 4.16. The number of pyridine rings is 1. The summed E-state index contributed by atoms with van der Waals surface area (Å²) in [5.41, 5.74) is 1.30. The van der Waals surface area contributed by atoms with Gasteiger partial charge in [0.05, 0.1) is 0 Å². The number of rotatable bonds is 2. The minimum atomic E-state index is 0.935. The summed E-state index contributed by atoms with van der Waals surface area (Å²) in [5.74, 6) is 2.12. The molecule has 82 valence electrons. The molecule has 15 heavy (non-hydrogen) atoms. The molecule has 0 N–H and O–H groups in total. The second-order valence-corrected chi connectivity index (χ2v) is 4.48. The number of hydrogen-bond acceptors (Lipinski definition) is 2. The van der Waals surface area contributed by atoms with Crippen LogP contribution in [0.5, 0.6) is 0 Å². The number of aryl methyl sites for hydroxylation is 1. The highest BCUT2D eigenvalue weighted by Gasteiger charge is 2.19. The quantitative estimate of drug-likeness (QED) is 0.736. The van der Waals surface area contributed by atoms with E-state index in [4.69, 9.17) is 0 Å². The van der Waals surface area contributed by atoms with Gasteiger partial charge in [-0.3, -0.25) is 0 Å². The number of hydrogen-bond donors (Lipinski definition) is 0. The maximum atomic E-state index is 4.48. The summed E-state index contributed by atoms with van der Waals surface area (Å²) >= 11 is 0. The Kier molecular flexibility index (Phi) is 3.24. The van der Waals surface area contributed by atoms with Crippen molar-refractivity contribution in [1.82, 2.24) is 4.98 Å². The van der Waals surface area contributed by atoms with Gasteiger partial charge < -0.3 is 4.90 Å².